The molecule has 0 aliphatic heterocycles. The van der Waals surface area contributed by atoms with Crippen molar-refractivity contribution in [2.75, 3.05) is 7.11 Å². The standard InChI is InChI=1S/C17H14N4O3S/c1-24-14-5-3-2-4-13(14)15-19-20-17(25)21(15)18-10-11-6-8-12(9-7-11)16(22)23/h2-10H,1H3,(H,20,25)(H,22,23)/b18-10+. The zero-order valence-corrected chi connectivity index (χ0v) is 14.0. The molecule has 2 aromatic carbocycles. The van der Waals surface area contributed by atoms with E-state index in [1.54, 1.807) is 25.5 Å². The lowest BCUT2D eigenvalue weighted by atomic mass is 10.1. The molecule has 3 aromatic rings. The van der Waals surface area contributed by atoms with Crippen LogP contribution in [0.25, 0.3) is 11.4 Å². The Morgan fingerprint density at radius 1 is 1.28 bits per heavy atom. The highest BCUT2D eigenvalue weighted by molar-refractivity contribution is 7.71. The summed E-state index contributed by atoms with van der Waals surface area (Å²) in [6, 6.07) is 13.8. The molecular formula is C17H14N4O3S. The SMILES string of the molecule is COc1ccccc1-c1n[nH]c(=S)n1/N=C/c1ccc(C(=O)O)cc1. The molecule has 0 aliphatic rings. The number of aromatic carboxylic acids is 1. The lowest BCUT2D eigenvalue weighted by Crippen LogP contribution is -1.98. The molecule has 0 saturated carbocycles. The fraction of sp³-hybridized carbons (Fsp3) is 0.0588. The number of hydrogen-bond donors (Lipinski definition) is 2. The molecule has 3 rings (SSSR count). The van der Waals surface area contributed by atoms with Crippen molar-refractivity contribution in [1.82, 2.24) is 14.9 Å². The Morgan fingerprint density at radius 3 is 2.68 bits per heavy atom. The topological polar surface area (TPSA) is 92.5 Å². The van der Waals surface area contributed by atoms with Crippen molar-refractivity contribution in [2.45, 2.75) is 0 Å². The van der Waals surface area contributed by atoms with Crippen LogP contribution in [0.5, 0.6) is 5.75 Å². The van der Waals surface area contributed by atoms with Gasteiger partial charge in [-0.2, -0.15) is 14.9 Å². The zero-order valence-electron chi connectivity index (χ0n) is 13.2. The monoisotopic (exact) mass is 354 g/mol. The number of carboxylic acid groups (broad SMARTS) is 1. The molecule has 126 valence electrons. The van der Waals surface area contributed by atoms with Crippen molar-refractivity contribution < 1.29 is 14.6 Å². The minimum atomic E-state index is -0.973. The number of carboxylic acids is 1. The van der Waals surface area contributed by atoms with E-state index in [2.05, 4.69) is 15.3 Å². The number of rotatable bonds is 5. The van der Waals surface area contributed by atoms with Crippen molar-refractivity contribution in [3.8, 4) is 17.1 Å². The molecule has 0 unspecified atom stereocenters. The van der Waals surface area contributed by atoms with Gasteiger partial charge in [0.15, 0.2) is 5.82 Å². The van der Waals surface area contributed by atoms with Gasteiger partial charge in [-0.15, -0.1) is 0 Å². The van der Waals surface area contributed by atoms with E-state index in [1.807, 2.05) is 24.3 Å². The number of nitrogens with one attached hydrogen (secondary N) is 1. The van der Waals surface area contributed by atoms with Crippen molar-refractivity contribution in [1.29, 1.82) is 0 Å². The molecule has 1 heterocycles. The van der Waals surface area contributed by atoms with Gasteiger partial charge >= 0.3 is 5.97 Å². The first-order valence-corrected chi connectivity index (χ1v) is 7.69. The number of hydrogen-bond acceptors (Lipinski definition) is 5. The zero-order chi connectivity index (χ0) is 17.8. The van der Waals surface area contributed by atoms with Crippen molar-refractivity contribution >= 4 is 24.4 Å². The summed E-state index contributed by atoms with van der Waals surface area (Å²) in [5.74, 6) is 0.193. The molecule has 1 aromatic heterocycles. The van der Waals surface area contributed by atoms with Gasteiger partial charge in [0.05, 0.1) is 24.5 Å². The van der Waals surface area contributed by atoms with Gasteiger partial charge in [0.1, 0.15) is 5.75 Å². The second-order valence-corrected chi connectivity index (χ2v) is 5.42. The van der Waals surface area contributed by atoms with Crippen LogP contribution in [0.4, 0.5) is 0 Å². The third-order valence-electron chi connectivity index (χ3n) is 3.48. The molecule has 0 aliphatic carbocycles. The van der Waals surface area contributed by atoms with E-state index in [0.717, 1.165) is 11.1 Å². The van der Waals surface area contributed by atoms with Gasteiger partial charge < -0.3 is 9.84 Å². The predicted molar refractivity (Wildman–Crippen MR) is 95.8 cm³/mol. The van der Waals surface area contributed by atoms with Gasteiger partial charge in [-0.3, -0.25) is 0 Å². The minimum Gasteiger partial charge on any atom is -0.496 e. The number of benzene rings is 2. The maximum Gasteiger partial charge on any atom is 0.335 e. The van der Waals surface area contributed by atoms with E-state index < -0.39 is 5.97 Å². The first-order valence-electron chi connectivity index (χ1n) is 7.28. The first-order chi connectivity index (χ1) is 12.1. The number of aromatic nitrogens is 3. The molecule has 25 heavy (non-hydrogen) atoms. The lowest BCUT2D eigenvalue weighted by Gasteiger charge is -2.06. The molecule has 0 bridgehead atoms. The van der Waals surface area contributed by atoms with Gasteiger partial charge in [-0.1, -0.05) is 24.3 Å². The Balaban J connectivity index is 1.97. The Kier molecular flexibility index (Phi) is 4.71. The first kappa shape index (κ1) is 16.6. The Morgan fingerprint density at radius 2 is 2.00 bits per heavy atom. The van der Waals surface area contributed by atoms with Crippen LogP contribution in [0.1, 0.15) is 15.9 Å². The molecule has 0 saturated heterocycles. The molecule has 8 heteroatoms. The summed E-state index contributed by atoms with van der Waals surface area (Å²) in [6.07, 6.45) is 1.58. The van der Waals surface area contributed by atoms with E-state index in [4.69, 9.17) is 22.1 Å². The molecular weight excluding hydrogens is 340 g/mol. The van der Waals surface area contributed by atoms with Gasteiger partial charge in [0, 0.05) is 0 Å². The lowest BCUT2D eigenvalue weighted by molar-refractivity contribution is 0.0697. The number of methoxy groups -OCH3 is 1. The third-order valence-corrected chi connectivity index (χ3v) is 3.74. The largest absolute Gasteiger partial charge is 0.496 e. The number of H-pyrrole nitrogens is 1. The fourth-order valence-corrected chi connectivity index (χ4v) is 2.42. The Hall–Kier alpha value is -3.26. The molecule has 0 fully saturated rings. The molecule has 0 radical (unpaired) electrons. The summed E-state index contributed by atoms with van der Waals surface area (Å²) >= 11 is 5.24. The number of carbonyl (C=O) groups is 1. The smallest absolute Gasteiger partial charge is 0.335 e. The fourth-order valence-electron chi connectivity index (χ4n) is 2.24. The summed E-state index contributed by atoms with van der Waals surface area (Å²) in [5, 5.41) is 20.2. The van der Waals surface area contributed by atoms with E-state index in [-0.39, 0.29) is 5.56 Å². The number of aromatic amines is 1. The predicted octanol–water partition coefficient (Wildman–Crippen LogP) is 3.20. The highest BCUT2D eigenvalue weighted by Crippen LogP contribution is 2.27. The third kappa shape index (κ3) is 3.48. The molecule has 0 atom stereocenters. The highest BCUT2D eigenvalue weighted by atomic mass is 32.1. The Labute approximate surface area is 148 Å². The quantitative estimate of drug-likeness (QED) is 0.542. The molecule has 7 nitrogen and oxygen atoms in total. The second-order valence-electron chi connectivity index (χ2n) is 5.04. The maximum atomic E-state index is 10.9. The van der Waals surface area contributed by atoms with Gasteiger partial charge in [0.2, 0.25) is 4.77 Å². The normalized spacial score (nSPS) is 10.9. The van der Waals surface area contributed by atoms with Crippen LogP contribution >= 0.6 is 12.2 Å². The average Bonchev–Trinajstić information content (AvgIpc) is 3.00. The average molecular weight is 354 g/mol. The number of ether oxygens (including phenoxy) is 1. The second kappa shape index (κ2) is 7.10. The van der Waals surface area contributed by atoms with E-state index >= 15 is 0 Å². The summed E-state index contributed by atoms with van der Waals surface area (Å²) in [6.45, 7) is 0. The summed E-state index contributed by atoms with van der Waals surface area (Å²) in [5.41, 5.74) is 1.70. The van der Waals surface area contributed by atoms with E-state index in [9.17, 15) is 4.79 Å². The maximum absolute atomic E-state index is 10.9. The number of para-hydroxylation sites is 1. The van der Waals surface area contributed by atoms with Crippen LogP contribution in [0, 0.1) is 4.77 Å². The van der Waals surface area contributed by atoms with Crippen molar-refractivity contribution in [3.05, 3.63) is 64.4 Å². The number of nitrogens with zero attached hydrogens (tertiary/aromatic N) is 3. The van der Waals surface area contributed by atoms with Crippen molar-refractivity contribution in [2.24, 2.45) is 5.10 Å². The van der Waals surface area contributed by atoms with Crippen LogP contribution < -0.4 is 4.74 Å². The van der Waals surface area contributed by atoms with Crippen LogP contribution in [-0.2, 0) is 0 Å². The highest BCUT2D eigenvalue weighted by Gasteiger charge is 2.12. The summed E-state index contributed by atoms with van der Waals surface area (Å²) in [7, 11) is 1.58. The van der Waals surface area contributed by atoms with Crippen molar-refractivity contribution in [3.63, 3.8) is 0 Å². The van der Waals surface area contributed by atoms with E-state index in [0.29, 0.717) is 16.3 Å². The van der Waals surface area contributed by atoms with Crippen LogP contribution in [0.15, 0.2) is 53.6 Å². The van der Waals surface area contributed by atoms with E-state index in [1.165, 1.54) is 16.8 Å². The van der Waals surface area contributed by atoms with Crippen LogP contribution in [0.3, 0.4) is 0 Å². The molecule has 2 N–H and O–H groups in total. The van der Waals surface area contributed by atoms with Crippen LogP contribution in [0.2, 0.25) is 0 Å². The van der Waals surface area contributed by atoms with Crippen LogP contribution in [-0.4, -0.2) is 39.3 Å². The summed E-state index contributed by atoms with van der Waals surface area (Å²) in [4.78, 5) is 10.9. The minimum absolute atomic E-state index is 0.215. The summed E-state index contributed by atoms with van der Waals surface area (Å²) < 4.78 is 7.17. The molecule has 0 spiro atoms. The Bertz CT molecular complexity index is 990. The van der Waals surface area contributed by atoms with Gasteiger partial charge in [-0.05, 0) is 42.0 Å². The molecule has 0 amide bonds. The van der Waals surface area contributed by atoms with Gasteiger partial charge in [0.25, 0.3) is 0 Å². The van der Waals surface area contributed by atoms with Gasteiger partial charge in [-0.25, -0.2) is 9.89 Å².